The molecule has 0 aromatic rings. The zero-order valence-electron chi connectivity index (χ0n) is 11.4. The Hall–Kier alpha value is -0.570. The zero-order valence-corrected chi connectivity index (χ0v) is 11.4. The largest absolute Gasteiger partial charge is 0.466 e. The van der Waals surface area contributed by atoms with Crippen LogP contribution in [0.25, 0.3) is 0 Å². The average Bonchev–Trinajstić information content (AvgIpc) is 2.31. The minimum Gasteiger partial charge on any atom is -0.466 e. The van der Waals surface area contributed by atoms with Crippen molar-refractivity contribution in [2.24, 2.45) is 0 Å². The summed E-state index contributed by atoms with van der Waals surface area (Å²) < 4.78 is 4.81. The van der Waals surface area contributed by atoms with Crippen LogP contribution in [0.5, 0.6) is 0 Å². The molecule has 1 atom stereocenters. The third-order valence-corrected chi connectivity index (χ3v) is 2.88. The molecule has 102 valence electrons. The molecule has 0 spiro atoms. The molecule has 0 fully saturated rings. The number of ether oxygens (including phenoxy) is 1. The van der Waals surface area contributed by atoms with Crippen molar-refractivity contribution in [3.63, 3.8) is 0 Å². The number of unbranched alkanes of at least 4 members (excludes halogenated alkanes) is 5. The molecule has 1 unspecified atom stereocenters. The van der Waals surface area contributed by atoms with Crippen LogP contribution in [0.2, 0.25) is 0 Å². The van der Waals surface area contributed by atoms with Gasteiger partial charge in [-0.15, -0.1) is 0 Å². The second-order valence-electron chi connectivity index (χ2n) is 4.55. The Morgan fingerprint density at radius 3 is 2.35 bits per heavy atom. The lowest BCUT2D eigenvalue weighted by atomic mass is 10.0. The standard InChI is InChI=1S/C14H28O3/c1-3-5-6-7-8-9-10-13(15)11-12-14(16)17-4-2/h13,15H,3-12H2,1-2H3. The van der Waals surface area contributed by atoms with Crippen molar-refractivity contribution in [3.05, 3.63) is 0 Å². The molecule has 0 aliphatic carbocycles. The smallest absolute Gasteiger partial charge is 0.305 e. The Kier molecular flexibility index (Phi) is 11.5. The molecule has 0 saturated heterocycles. The van der Waals surface area contributed by atoms with Gasteiger partial charge in [-0.05, 0) is 19.8 Å². The van der Waals surface area contributed by atoms with Crippen LogP contribution in [0.4, 0.5) is 0 Å². The van der Waals surface area contributed by atoms with Gasteiger partial charge in [0.2, 0.25) is 0 Å². The van der Waals surface area contributed by atoms with Crippen LogP contribution in [-0.4, -0.2) is 23.8 Å². The van der Waals surface area contributed by atoms with Crippen LogP contribution in [-0.2, 0) is 9.53 Å². The van der Waals surface area contributed by atoms with E-state index in [1.807, 2.05) is 0 Å². The number of hydrogen-bond donors (Lipinski definition) is 1. The van der Waals surface area contributed by atoms with Crippen LogP contribution in [0.3, 0.4) is 0 Å². The van der Waals surface area contributed by atoms with Crippen molar-refractivity contribution in [2.45, 2.75) is 77.7 Å². The van der Waals surface area contributed by atoms with E-state index in [2.05, 4.69) is 6.92 Å². The van der Waals surface area contributed by atoms with Gasteiger partial charge in [-0.25, -0.2) is 0 Å². The SMILES string of the molecule is CCCCCCCCC(O)CCC(=O)OCC. The highest BCUT2D eigenvalue weighted by atomic mass is 16.5. The van der Waals surface area contributed by atoms with Crippen molar-refractivity contribution >= 4 is 5.97 Å². The molecule has 0 saturated carbocycles. The van der Waals surface area contributed by atoms with Gasteiger partial charge in [-0.1, -0.05) is 45.4 Å². The summed E-state index contributed by atoms with van der Waals surface area (Å²) in [6.07, 6.45) is 8.74. The molecule has 0 aromatic heterocycles. The molecule has 0 radical (unpaired) electrons. The number of aliphatic hydroxyl groups is 1. The summed E-state index contributed by atoms with van der Waals surface area (Å²) in [4.78, 5) is 11.1. The van der Waals surface area contributed by atoms with Gasteiger partial charge in [0, 0.05) is 6.42 Å². The van der Waals surface area contributed by atoms with E-state index in [-0.39, 0.29) is 12.1 Å². The number of esters is 1. The number of carbonyl (C=O) groups excluding carboxylic acids is 1. The van der Waals surface area contributed by atoms with Crippen LogP contribution in [0.15, 0.2) is 0 Å². The number of aliphatic hydroxyl groups excluding tert-OH is 1. The van der Waals surface area contributed by atoms with Gasteiger partial charge in [0.15, 0.2) is 0 Å². The van der Waals surface area contributed by atoms with Gasteiger partial charge in [-0.3, -0.25) is 4.79 Å². The van der Waals surface area contributed by atoms with E-state index in [0.717, 1.165) is 12.8 Å². The summed E-state index contributed by atoms with van der Waals surface area (Å²) in [5, 5.41) is 9.66. The lowest BCUT2D eigenvalue weighted by Gasteiger charge is -2.09. The van der Waals surface area contributed by atoms with Crippen LogP contribution < -0.4 is 0 Å². The quantitative estimate of drug-likeness (QED) is 0.447. The number of carbonyl (C=O) groups is 1. The van der Waals surface area contributed by atoms with Gasteiger partial charge in [-0.2, -0.15) is 0 Å². The minimum absolute atomic E-state index is 0.200. The number of hydrogen-bond acceptors (Lipinski definition) is 3. The highest BCUT2D eigenvalue weighted by molar-refractivity contribution is 5.69. The zero-order chi connectivity index (χ0) is 12.9. The van der Waals surface area contributed by atoms with Gasteiger partial charge >= 0.3 is 5.97 Å². The molecular formula is C14H28O3. The topological polar surface area (TPSA) is 46.5 Å². The predicted molar refractivity (Wildman–Crippen MR) is 69.9 cm³/mol. The Morgan fingerprint density at radius 2 is 1.71 bits per heavy atom. The average molecular weight is 244 g/mol. The van der Waals surface area contributed by atoms with E-state index in [9.17, 15) is 9.90 Å². The van der Waals surface area contributed by atoms with E-state index in [0.29, 0.717) is 19.4 Å². The molecule has 0 amide bonds. The first kappa shape index (κ1) is 16.4. The second-order valence-corrected chi connectivity index (χ2v) is 4.55. The predicted octanol–water partition coefficient (Wildman–Crippen LogP) is 3.44. The summed E-state index contributed by atoms with van der Waals surface area (Å²) in [7, 11) is 0. The summed E-state index contributed by atoms with van der Waals surface area (Å²) in [6, 6.07) is 0. The summed E-state index contributed by atoms with van der Waals surface area (Å²) in [6.45, 7) is 4.43. The monoisotopic (exact) mass is 244 g/mol. The maximum absolute atomic E-state index is 11.1. The molecule has 0 bridgehead atoms. The fourth-order valence-corrected chi connectivity index (χ4v) is 1.82. The minimum atomic E-state index is -0.342. The van der Waals surface area contributed by atoms with Crippen molar-refractivity contribution in [1.82, 2.24) is 0 Å². The Morgan fingerprint density at radius 1 is 1.06 bits per heavy atom. The third-order valence-electron chi connectivity index (χ3n) is 2.88. The summed E-state index contributed by atoms with van der Waals surface area (Å²) in [5.41, 5.74) is 0. The Balaban J connectivity index is 3.28. The molecule has 0 rings (SSSR count). The van der Waals surface area contributed by atoms with Gasteiger partial charge in [0.05, 0.1) is 12.7 Å². The molecule has 3 heteroatoms. The van der Waals surface area contributed by atoms with E-state index >= 15 is 0 Å². The van der Waals surface area contributed by atoms with Crippen molar-refractivity contribution in [2.75, 3.05) is 6.61 Å². The fraction of sp³-hybridized carbons (Fsp3) is 0.929. The highest BCUT2D eigenvalue weighted by Crippen LogP contribution is 2.11. The maximum atomic E-state index is 11.1. The maximum Gasteiger partial charge on any atom is 0.305 e. The normalized spacial score (nSPS) is 12.4. The third kappa shape index (κ3) is 11.7. The van der Waals surface area contributed by atoms with E-state index in [1.54, 1.807) is 6.92 Å². The lowest BCUT2D eigenvalue weighted by molar-refractivity contribution is -0.143. The van der Waals surface area contributed by atoms with Crippen molar-refractivity contribution in [1.29, 1.82) is 0 Å². The van der Waals surface area contributed by atoms with E-state index in [4.69, 9.17) is 4.74 Å². The molecule has 17 heavy (non-hydrogen) atoms. The molecule has 0 aromatic carbocycles. The van der Waals surface area contributed by atoms with Crippen molar-refractivity contribution < 1.29 is 14.6 Å². The van der Waals surface area contributed by atoms with Crippen LogP contribution in [0, 0.1) is 0 Å². The molecule has 1 N–H and O–H groups in total. The number of rotatable bonds is 11. The molecular weight excluding hydrogens is 216 g/mol. The first-order chi connectivity index (χ1) is 8.20. The van der Waals surface area contributed by atoms with E-state index < -0.39 is 0 Å². The summed E-state index contributed by atoms with van der Waals surface area (Å²) in [5.74, 6) is -0.200. The van der Waals surface area contributed by atoms with E-state index in [1.165, 1.54) is 32.1 Å². The summed E-state index contributed by atoms with van der Waals surface area (Å²) >= 11 is 0. The molecule has 0 aliphatic heterocycles. The van der Waals surface area contributed by atoms with Gasteiger partial charge in [0.25, 0.3) is 0 Å². The first-order valence-corrected chi connectivity index (χ1v) is 7.04. The van der Waals surface area contributed by atoms with Gasteiger partial charge in [0.1, 0.15) is 0 Å². The van der Waals surface area contributed by atoms with Crippen LogP contribution in [0.1, 0.15) is 71.6 Å². The molecule has 0 aliphatic rings. The van der Waals surface area contributed by atoms with Crippen molar-refractivity contribution in [3.8, 4) is 0 Å². The van der Waals surface area contributed by atoms with Gasteiger partial charge < -0.3 is 9.84 Å². The molecule has 3 nitrogen and oxygen atoms in total. The highest BCUT2D eigenvalue weighted by Gasteiger charge is 2.08. The molecule has 0 heterocycles. The fourth-order valence-electron chi connectivity index (χ4n) is 1.82. The first-order valence-electron chi connectivity index (χ1n) is 7.04. The Bertz CT molecular complexity index is 180. The second kappa shape index (κ2) is 11.9. The Labute approximate surface area is 106 Å². The lowest BCUT2D eigenvalue weighted by Crippen LogP contribution is -2.11. The van der Waals surface area contributed by atoms with Crippen LogP contribution >= 0.6 is 0 Å².